The first-order valence-corrected chi connectivity index (χ1v) is 10.3. The lowest BCUT2D eigenvalue weighted by Gasteiger charge is -2.37. The molecule has 0 bridgehead atoms. The quantitative estimate of drug-likeness (QED) is 0.440. The Labute approximate surface area is 161 Å². The van der Waals surface area contributed by atoms with Gasteiger partial charge in [0.2, 0.25) is 5.89 Å². The Morgan fingerprint density at radius 2 is 2.15 bits per heavy atom. The zero-order valence-electron chi connectivity index (χ0n) is 16.8. The normalized spacial score (nSPS) is 24.0. The second-order valence-electron chi connectivity index (χ2n) is 7.45. The number of aliphatic imine (C=N–C) groups is 1. The summed E-state index contributed by atoms with van der Waals surface area (Å²) < 4.78 is 17.1. The Hall–Kier alpha value is -1.67. The SMILES string of the molecule is CCNC(=NCCCc1nc(C(C)C)no1)N1CCOC(C2CCCO2)C1. The van der Waals surface area contributed by atoms with E-state index in [4.69, 9.17) is 19.0 Å². The molecule has 0 aromatic carbocycles. The van der Waals surface area contributed by atoms with Crippen LogP contribution in [0.25, 0.3) is 0 Å². The number of hydrogen-bond acceptors (Lipinski definition) is 6. The van der Waals surface area contributed by atoms with Crippen LogP contribution in [0.2, 0.25) is 0 Å². The van der Waals surface area contributed by atoms with Crippen molar-refractivity contribution in [3.8, 4) is 0 Å². The molecule has 0 spiro atoms. The highest BCUT2D eigenvalue weighted by molar-refractivity contribution is 5.80. The van der Waals surface area contributed by atoms with Crippen LogP contribution in [0.15, 0.2) is 9.52 Å². The number of rotatable bonds is 7. The number of aromatic nitrogens is 2. The van der Waals surface area contributed by atoms with E-state index in [1.807, 2.05) is 0 Å². The van der Waals surface area contributed by atoms with Gasteiger partial charge in [0.25, 0.3) is 0 Å². The van der Waals surface area contributed by atoms with Crippen molar-refractivity contribution in [3.63, 3.8) is 0 Å². The van der Waals surface area contributed by atoms with Crippen molar-refractivity contribution in [1.82, 2.24) is 20.4 Å². The van der Waals surface area contributed by atoms with Crippen LogP contribution in [-0.2, 0) is 15.9 Å². The van der Waals surface area contributed by atoms with Gasteiger partial charge in [0, 0.05) is 45.1 Å². The smallest absolute Gasteiger partial charge is 0.226 e. The van der Waals surface area contributed by atoms with Crippen LogP contribution in [0.4, 0.5) is 0 Å². The number of hydrogen-bond donors (Lipinski definition) is 1. The largest absolute Gasteiger partial charge is 0.375 e. The van der Waals surface area contributed by atoms with E-state index in [1.54, 1.807) is 0 Å². The molecule has 0 amide bonds. The standard InChI is InChI=1S/C19H33N5O3/c1-4-20-19(21-9-5-8-17-22-18(14(2)3)23-27-17)24-10-12-26-16(13-24)15-7-6-11-25-15/h14-16H,4-13H2,1-3H3,(H,20,21). The minimum Gasteiger partial charge on any atom is -0.375 e. The molecule has 152 valence electrons. The molecule has 3 heterocycles. The van der Waals surface area contributed by atoms with Crippen molar-refractivity contribution < 1.29 is 14.0 Å². The Bertz CT molecular complexity index is 598. The highest BCUT2D eigenvalue weighted by Crippen LogP contribution is 2.21. The van der Waals surface area contributed by atoms with Gasteiger partial charge in [-0.3, -0.25) is 4.99 Å². The van der Waals surface area contributed by atoms with Crippen molar-refractivity contribution in [2.45, 2.75) is 64.6 Å². The first-order valence-electron chi connectivity index (χ1n) is 10.3. The molecule has 2 aliphatic rings. The third-order valence-corrected chi connectivity index (χ3v) is 4.92. The van der Waals surface area contributed by atoms with Gasteiger partial charge in [0.05, 0.1) is 12.7 Å². The molecular formula is C19H33N5O3. The zero-order chi connectivity index (χ0) is 19.1. The highest BCUT2D eigenvalue weighted by atomic mass is 16.5. The summed E-state index contributed by atoms with van der Waals surface area (Å²) in [6.45, 7) is 11.1. The Kier molecular flexibility index (Phi) is 7.46. The second-order valence-corrected chi connectivity index (χ2v) is 7.45. The third kappa shape index (κ3) is 5.65. The van der Waals surface area contributed by atoms with E-state index in [9.17, 15) is 0 Å². The number of aryl methyl sites for hydroxylation is 1. The van der Waals surface area contributed by atoms with Gasteiger partial charge in [-0.1, -0.05) is 19.0 Å². The number of ether oxygens (including phenoxy) is 2. The summed E-state index contributed by atoms with van der Waals surface area (Å²) in [6.07, 6.45) is 4.22. The van der Waals surface area contributed by atoms with Gasteiger partial charge in [-0.15, -0.1) is 0 Å². The van der Waals surface area contributed by atoms with Crippen LogP contribution in [0.1, 0.15) is 57.7 Å². The molecule has 8 nitrogen and oxygen atoms in total. The predicted molar refractivity (Wildman–Crippen MR) is 103 cm³/mol. The van der Waals surface area contributed by atoms with Gasteiger partial charge in [0.1, 0.15) is 6.10 Å². The lowest BCUT2D eigenvalue weighted by atomic mass is 10.1. The average Bonchev–Trinajstić information content (AvgIpc) is 3.36. The Balaban J connectivity index is 1.50. The molecule has 0 saturated carbocycles. The molecular weight excluding hydrogens is 346 g/mol. The van der Waals surface area contributed by atoms with E-state index in [0.717, 1.165) is 76.9 Å². The summed E-state index contributed by atoms with van der Waals surface area (Å²) in [5.41, 5.74) is 0. The molecule has 0 aliphatic carbocycles. The van der Waals surface area contributed by atoms with Crippen molar-refractivity contribution >= 4 is 5.96 Å². The molecule has 2 atom stereocenters. The van der Waals surface area contributed by atoms with Crippen LogP contribution < -0.4 is 5.32 Å². The molecule has 1 aromatic rings. The summed E-state index contributed by atoms with van der Waals surface area (Å²) >= 11 is 0. The lowest BCUT2D eigenvalue weighted by molar-refractivity contribution is -0.0817. The van der Waals surface area contributed by atoms with E-state index in [2.05, 4.69) is 41.1 Å². The number of morpholine rings is 1. The third-order valence-electron chi connectivity index (χ3n) is 4.92. The molecule has 27 heavy (non-hydrogen) atoms. The van der Waals surface area contributed by atoms with E-state index in [1.165, 1.54) is 0 Å². The molecule has 1 N–H and O–H groups in total. The molecule has 3 rings (SSSR count). The van der Waals surface area contributed by atoms with E-state index in [0.29, 0.717) is 11.8 Å². The van der Waals surface area contributed by atoms with Gasteiger partial charge in [0.15, 0.2) is 11.8 Å². The van der Waals surface area contributed by atoms with Gasteiger partial charge in [-0.05, 0) is 26.2 Å². The maximum Gasteiger partial charge on any atom is 0.226 e. The number of nitrogens with zero attached hydrogens (tertiary/aromatic N) is 4. The van der Waals surface area contributed by atoms with Crippen LogP contribution in [0.3, 0.4) is 0 Å². The van der Waals surface area contributed by atoms with Crippen LogP contribution in [-0.4, -0.2) is 72.6 Å². The lowest BCUT2D eigenvalue weighted by Crippen LogP contribution is -2.53. The average molecular weight is 380 g/mol. The summed E-state index contributed by atoms with van der Waals surface area (Å²) in [5, 5.41) is 7.42. The molecule has 1 aromatic heterocycles. The monoisotopic (exact) mass is 379 g/mol. The maximum absolute atomic E-state index is 5.95. The maximum atomic E-state index is 5.95. The first kappa shape index (κ1) is 20.1. The predicted octanol–water partition coefficient (Wildman–Crippen LogP) is 1.97. The summed E-state index contributed by atoms with van der Waals surface area (Å²) in [5.74, 6) is 2.72. The summed E-state index contributed by atoms with van der Waals surface area (Å²) in [7, 11) is 0. The summed E-state index contributed by atoms with van der Waals surface area (Å²) in [6, 6.07) is 0. The Morgan fingerprint density at radius 1 is 1.30 bits per heavy atom. The molecule has 2 aliphatic heterocycles. The van der Waals surface area contributed by atoms with E-state index < -0.39 is 0 Å². The van der Waals surface area contributed by atoms with E-state index >= 15 is 0 Å². The van der Waals surface area contributed by atoms with Crippen molar-refractivity contribution in [2.24, 2.45) is 4.99 Å². The molecule has 2 unspecified atom stereocenters. The molecule has 2 fully saturated rings. The van der Waals surface area contributed by atoms with Gasteiger partial charge in [-0.25, -0.2) is 0 Å². The van der Waals surface area contributed by atoms with Gasteiger partial charge >= 0.3 is 0 Å². The minimum atomic E-state index is 0.137. The zero-order valence-corrected chi connectivity index (χ0v) is 16.8. The fourth-order valence-electron chi connectivity index (χ4n) is 3.43. The second kappa shape index (κ2) is 10.0. The van der Waals surface area contributed by atoms with Crippen LogP contribution in [0, 0.1) is 0 Å². The van der Waals surface area contributed by atoms with Gasteiger partial charge in [-0.2, -0.15) is 4.98 Å². The van der Waals surface area contributed by atoms with Crippen molar-refractivity contribution in [1.29, 1.82) is 0 Å². The number of guanidine groups is 1. The fourth-order valence-corrected chi connectivity index (χ4v) is 3.43. The van der Waals surface area contributed by atoms with Crippen molar-refractivity contribution in [3.05, 3.63) is 11.7 Å². The fraction of sp³-hybridized carbons (Fsp3) is 0.842. The minimum absolute atomic E-state index is 0.137. The molecule has 0 radical (unpaired) electrons. The van der Waals surface area contributed by atoms with Crippen molar-refractivity contribution in [2.75, 3.05) is 39.4 Å². The van der Waals surface area contributed by atoms with E-state index in [-0.39, 0.29) is 12.2 Å². The highest BCUT2D eigenvalue weighted by Gasteiger charge is 2.32. The molecule has 2 saturated heterocycles. The topological polar surface area (TPSA) is 85.0 Å². The van der Waals surface area contributed by atoms with Crippen LogP contribution >= 0.6 is 0 Å². The Morgan fingerprint density at radius 3 is 2.85 bits per heavy atom. The first-order chi connectivity index (χ1) is 13.2. The summed E-state index contributed by atoms with van der Waals surface area (Å²) in [4.78, 5) is 11.5. The van der Waals surface area contributed by atoms with Gasteiger partial charge < -0.3 is 24.2 Å². The van der Waals surface area contributed by atoms with Crippen LogP contribution in [0.5, 0.6) is 0 Å². The molecule has 8 heteroatoms. The number of nitrogens with one attached hydrogen (secondary N) is 1.